The number of carbonyl (C=O) groups is 1. The number of para-hydroxylation sites is 1. The van der Waals surface area contributed by atoms with Crippen molar-refractivity contribution in [3.05, 3.63) is 101 Å². The van der Waals surface area contributed by atoms with Gasteiger partial charge in [-0.05, 0) is 51.9 Å². The Morgan fingerprint density at radius 3 is 2.70 bits per heavy atom. The molecule has 162 valence electrons. The molecule has 0 fully saturated rings. The average Bonchev–Trinajstić information content (AvgIpc) is 3.35. The summed E-state index contributed by atoms with van der Waals surface area (Å²) in [7, 11) is 1.37. The third kappa shape index (κ3) is 3.05. The van der Waals surface area contributed by atoms with Gasteiger partial charge in [0.05, 0.1) is 18.4 Å². The van der Waals surface area contributed by atoms with Gasteiger partial charge in [-0.15, -0.1) is 0 Å². The molecule has 33 heavy (non-hydrogen) atoms. The number of rotatable bonds is 3. The van der Waals surface area contributed by atoms with E-state index in [0.29, 0.717) is 11.5 Å². The third-order valence-corrected chi connectivity index (χ3v) is 5.88. The maximum Gasteiger partial charge on any atom is 0.337 e. The maximum absolute atomic E-state index is 11.9. The van der Waals surface area contributed by atoms with Crippen molar-refractivity contribution >= 4 is 17.6 Å². The number of hydrogen-bond donors (Lipinski definition) is 1. The Bertz CT molecular complexity index is 1380. The zero-order valence-corrected chi connectivity index (χ0v) is 17.5. The average molecular weight is 438 g/mol. The second kappa shape index (κ2) is 7.56. The van der Waals surface area contributed by atoms with Gasteiger partial charge < -0.3 is 14.8 Å². The van der Waals surface area contributed by atoms with Crippen LogP contribution in [0.5, 0.6) is 5.75 Å². The monoisotopic (exact) mass is 438 g/mol. The fraction of sp³-hybridized carbons (Fsp3) is 0.125. The summed E-state index contributed by atoms with van der Waals surface area (Å²) < 4.78 is 13.1. The molecule has 4 aromatic rings. The van der Waals surface area contributed by atoms with Crippen LogP contribution in [0.3, 0.4) is 0 Å². The molecular weight excluding hydrogens is 420 g/mol. The Balaban J connectivity index is 1.56. The number of fused-ring (bicyclic) bond motifs is 3. The lowest BCUT2D eigenvalue weighted by molar-refractivity contribution is 0.0600. The topological polar surface area (TPSA) is 104 Å². The van der Waals surface area contributed by atoms with E-state index in [4.69, 9.17) is 9.47 Å². The fourth-order valence-electron chi connectivity index (χ4n) is 4.38. The van der Waals surface area contributed by atoms with Crippen LogP contribution in [-0.2, 0) is 4.74 Å². The van der Waals surface area contributed by atoms with Gasteiger partial charge in [0.15, 0.2) is 0 Å². The summed E-state index contributed by atoms with van der Waals surface area (Å²) in [6, 6.07) is 18.6. The van der Waals surface area contributed by atoms with E-state index >= 15 is 0 Å². The SMILES string of the molecule is COC(=O)c1ccc([C@H]2Oc3ccccc3C3=C2[C@H](c2cccnc2)n2nnnc2N3)cc1. The molecule has 0 saturated heterocycles. The Morgan fingerprint density at radius 2 is 1.91 bits per heavy atom. The van der Waals surface area contributed by atoms with Crippen molar-refractivity contribution in [2.24, 2.45) is 0 Å². The van der Waals surface area contributed by atoms with E-state index < -0.39 is 6.10 Å². The molecule has 2 atom stereocenters. The Hall–Kier alpha value is -4.53. The van der Waals surface area contributed by atoms with Gasteiger partial charge in [-0.25, -0.2) is 4.79 Å². The summed E-state index contributed by atoms with van der Waals surface area (Å²) in [5.74, 6) is 0.901. The van der Waals surface area contributed by atoms with E-state index in [-0.39, 0.29) is 12.0 Å². The first kappa shape index (κ1) is 19.2. The number of tetrazole rings is 1. The number of hydrogen-bond acceptors (Lipinski definition) is 8. The normalized spacial score (nSPS) is 18.3. The second-order valence-corrected chi connectivity index (χ2v) is 7.70. The molecule has 2 aromatic carbocycles. The van der Waals surface area contributed by atoms with Crippen LogP contribution in [0.4, 0.5) is 5.95 Å². The van der Waals surface area contributed by atoms with Gasteiger partial charge in [0, 0.05) is 23.5 Å². The van der Waals surface area contributed by atoms with Crippen LogP contribution in [-0.4, -0.2) is 38.3 Å². The minimum absolute atomic E-state index is 0.335. The van der Waals surface area contributed by atoms with Gasteiger partial charge in [-0.3, -0.25) is 4.98 Å². The largest absolute Gasteiger partial charge is 0.480 e. The minimum atomic E-state index is -0.448. The lowest BCUT2D eigenvalue weighted by Gasteiger charge is -2.38. The first-order chi connectivity index (χ1) is 16.2. The van der Waals surface area contributed by atoms with Crippen LogP contribution in [0.2, 0.25) is 0 Å². The number of anilines is 1. The number of ether oxygens (including phenoxy) is 2. The minimum Gasteiger partial charge on any atom is -0.480 e. The molecule has 0 spiro atoms. The number of nitrogens with zero attached hydrogens (tertiary/aromatic N) is 5. The molecule has 2 aromatic heterocycles. The zero-order valence-electron chi connectivity index (χ0n) is 17.5. The number of carbonyl (C=O) groups excluding carboxylic acids is 1. The second-order valence-electron chi connectivity index (χ2n) is 7.70. The summed E-state index contributed by atoms with van der Waals surface area (Å²) in [4.78, 5) is 16.3. The third-order valence-electron chi connectivity index (χ3n) is 5.88. The number of nitrogens with one attached hydrogen (secondary N) is 1. The summed E-state index contributed by atoms with van der Waals surface area (Å²) >= 11 is 0. The molecule has 9 nitrogen and oxygen atoms in total. The van der Waals surface area contributed by atoms with Gasteiger partial charge in [-0.2, -0.15) is 4.68 Å². The van der Waals surface area contributed by atoms with Crippen LogP contribution < -0.4 is 10.1 Å². The van der Waals surface area contributed by atoms with Crippen LogP contribution >= 0.6 is 0 Å². The first-order valence-electron chi connectivity index (χ1n) is 10.4. The lowest BCUT2D eigenvalue weighted by atomic mass is 9.85. The van der Waals surface area contributed by atoms with Crippen molar-refractivity contribution in [3.8, 4) is 5.75 Å². The predicted molar refractivity (Wildman–Crippen MR) is 118 cm³/mol. The molecule has 1 N–H and O–H groups in total. The molecule has 2 aliphatic rings. The Kier molecular flexibility index (Phi) is 4.39. The van der Waals surface area contributed by atoms with Crippen molar-refractivity contribution in [2.75, 3.05) is 12.4 Å². The van der Waals surface area contributed by atoms with E-state index in [2.05, 4.69) is 25.8 Å². The molecular formula is C24H18N6O3. The Morgan fingerprint density at radius 1 is 1.06 bits per heavy atom. The fourth-order valence-corrected chi connectivity index (χ4v) is 4.38. The lowest BCUT2D eigenvalue weighted by Crippen LogP contribution is -2.32. The van der Waals surface area contributed by atoms with Crippen LogP contribution in [0.25, 0.3) is 5.70 Å². The first-order valence-corrected chi connectivity index (χ1v) is 10.4. The molecule has 0 bridgehead atoms. The number of esters is 1. The molecule has 0 saturated carbocycles. The van der Waals surface area contributed by atoms with Gasteiger partial charge in [0.2, 0.25) is 5.95 Å². The van der Waals surface area contributed by atoms with E-state index in [1.807, 2.05) is 54.7 Å². The molecule has 0 unspecified atom stereocenters. The molecule has 9 heteroatoms. The summed E-state index contributed by atoms with van der Waals surface area (Å²) in [5.41, 5.74) is 5.07. The molecule has 2 aliphatic heterocycles. The van der Waals surface area contributed by atoms with Gasteiger partial charge in [-0.1, -0.05) is 35.4 Å². The molecule has 0 amide bonds. The summed E-state index contributed by atoms with van der Waals surface area (Å²) in [5, 5.41) is 15.7. The number of pyridine rings is 1. The zero-order chi connectivity index (χ0) is 22.4. The smallest absolute Gasteiger partial charge is 0.337 e. The predicted octanol–water partition coefficient (Wildman–Crippen LogP) is 3.41. The summed E-state index contributed by atoms with van der Waals surface area (Å²) in [6.07, 6.45) is 3.09. The number of aromatic nitrogens is 5. The standard InChI is InChI=1S/C24H18N6O3/c1-32-23(31)15-10-8-14(9-11-15)22-19-20(17-6-2-3-7-18(17)33-22)26-24-27-28-29-30(24)21(19)16-5-4-12-25-13-16/h2-13,21-22H,1H3,(H,26,27,29)/t21-,22+/m0/s1. The van der Waals surface area contributed by atoms with Gasteiger partial charge >= 0.3 is 5.97 Å². The quantitative estimate of drug-likeness (QED) is 0.485. The van der Waals surface area contributed by atoms with E-state index in [1.165, 1.54) is 7.11 Å². The molecule has 4 heterocycles. The Labute approximate surface area is 188 Å². The number of benzene rings is 2. The van der Waals surface area contributed by atoms with Crippen LogP contribution in [0.15, 0.2) is 78.6 Å². The van der Waals surface area contributed by atoms with Crippen molar-refractivity contribution < 1.29 is 14.3 Å². The molecule has 6 rings (SSSR count). The number of methoxy groups -OCH3 is 1. The van der Waals surface area contributed by atoms with Gasteiger partial charge in [0.1, 0.15) is 17.9 Å². The highest BCUT2D eigenvalue weighted by molar-refractivity contribution is 5.89. The van der Waals surface area contributed by atoms with Crippen molar-refractivity contribution in [1.29, 1.82) is 0 Å². The highest BCUT2D eigenvalue weighted by atomic mass is 16.5. The molecule has 0 aliphatic carbocycles. The van der Waals surface area contributed by atoms with E-state index in [0.717, 1.165) is 33.7 Å². The van der Waals surface area contributed by atoms with Crippen molar-refractivity contribution in [1.82, 2.24) is 25.2 Å². The highest BCUT2D eigenvalue weighted by Crippen LogP contribution is 2.50. The van der Waals surface area contributed by atoms with Crippen molar-refractivity contribution in [2.45, 2.75) is 12.1 Å². The van der Waals surface area contributed by atoms with Crippen LogP contribution in [0.1, 0.15) is 39.2 Å². The highest BCUT2D eigenvalue weighted by Gasteiger charge is 2.41. The van der Waals surface area contributed by atoms with Crippen molar-refractivity contribution in [3.63, 3.8) is 0 Å². The van der Waals surface area contributed by atoms with Crippen LogP contribution in [0, 0.1) is 0 Å². The summed E-state index contributed by atoms with van der Waals surface area (Å²) in [6.45, 7) is 0. The van der Waals surface area contributed by atoms with E-state index in [1.54, 1.807) is 23.0 Å². The van der Waals surface area contributed by atoms with Gasteiger partial charge in [0.25, 0.3) is 0 Å². The maximum atomic E-state index is 11.9. The molecule has 0 radical (unpaired) electrons. The van der Waals surface area contributed by atoms with E-state index in [9.17, 15) is 4.79 Å².